The normalized spacial score (nSPS) is 14.9. The van der Waals surface area contributed by atoms with Crippen molar-refractivity contribution in [1.82, 2.24) is 0 Å². The van der Waals surface area contributed by atoms with Gasteiger partial charge >= 0.3 is 0 Å². The third-order valence-electron chi connectivity index (χ3n) is 7.45. The summed E-state index contributed by atoms with van der Waals surface area (Å²) in [5, 5.41) is 0. The van der Waals surface area contributed by atoms with Gasteiger partial charge in [0.1, 0.15) is 0 Å². The lowest BCUT2D eigenvalue weighted by Gasteiger charge is -2.37. The van der Waals surface area contributed by atoms with E-state index in [1.165, 1.54) is 27.8 Å². The number of hydrogen-bond donors (Lipinski definition) is 0. The Morgan fingerprint density at radius 3 is 1.37 bits per heavy atom. The van der Waals surface area contributed by atoms with Crippen LogP contribution in [0.5, 0.6) is 0 Å². The van der Waals surface area contributed by atoms with E-state index in [-0.39, 0.29) is 27.1 Å². The maximum atomic E-state index is 2.49. The third-order valence-corrected chi connectivity index (χ3v) is 7.45. The molecule has 0 saturated heterocycles. The molecule has 2 rings (SSSR count). The summed E-state index contributed by atoms with van der Waals surface area (Å²) < 4.78 is 0. The summed E-state index contributed by atoms with van der Waals surface area (Å²) >= 11 is 0. The fourth-order valence-corrected chi connectivity index (χ4v) is 5.56. The first-order valence-electron chi connectivity index (χ1n) is 13.8. The van der Waals surface area contributed by atoms with E-state index in [9.17, 15) is 0 Å². The summed E-state index contributed by atoms with van der Waals surface area (Å²) in [6.45, 7) is 37.9. The van der Waals surface area contributed by atoms with Crippen LogP contribution in [0.1, 0.15) is 156 Å². The average molecular weight is 477 g/mol. The van der Waals surface area contributed by atoms with Crippen LogP contribution < -0.4 is 0 Å². The Balaban J connectivity index is 2.82. The van der Waals surface area contributed by atoms with Gasteiger partial charge in [-0.1, -0.05) is 141 Å². The molecule has 0 nitrogen and oxygen atoms in total. The van der Waals surface area contributed by atoms with Crippen LogP contribution in [-0.4, -0.2) is 0 Å². The number of hydrogen-bond acceptors (Lipinski definition) is 0. The van der Waals surface area contributed by atoms with Crippen LogP contribution in [0.15, 0.2) is 30.3 Å². The number of benzene rings is 2. The van der Waals surface area contributed by atoms with Gasteiger partial charge in [-0.15, -0.1) is 0 Å². The topological polar surface area (TPSA) is 0 Å². The fraction of sp³-hybridized carbons (Fsp3) is 0.657. The largest absolute Gasteiger partial charge is 0.0582 e. The monoisotopic (exact) mass is 476 g/mol. The zero-order valence-corrected chi connectivity index (χ0v) is 26.2. The molecule has 0 aliphatic carbocycles. The first-order chi connectivity index (χ1) is 15.5. The van der Waals surface area contributed by atoms with Crippen molar-refractivity contribution >= 4 is 0 Å². The first kappa shape index (κ1) is 29.7. The second-order valence-corrected chi connectivity index (χ2v) is 16.2. The van der Waals surface area contributed by atoms with Crippen molar-refractivity contribution in [2.24, 2.45) is 0 Å². The smallest absolute Gasteiger partial charge is 0.0126 e. The van der Waals surface area contributed by atoms with E-state index in [1.54, 1.807) is 11.1 Å². The molecular formula is C35H56. The molecule has 0 aliphatic rings. The molecule has 0 aromatic heterocycles. The van der Waals surface area contributed by atoms with E-state index in [0.29, 0.717) is 5.92 Å². The van der Waals surface area contributed by atoms with Crippen molar-refractivity contribution < 1.29 is 0 Å². The highest BCUT2D eigenvalue weighted by Gasteiger charge is 2.33. The lowest BCUT2D eigenvalue weighted by Crippen LogP contribution is -2.28. The van der Waals surface area contributed by atoms with Crippen molar-refractivity contribution in [1.29, 1.82) is 0 Å². The van der Waals surface area contributed by atoms with Crippen molar-refractivity contribution in [3.63, 3.8) is 0 Å². The summed E-state index contributed by atoms with van der Waals surface area (Å²) in [6, 6.07) is 12.2. The lowest BCUT2D eigenvalue weighted by atomic mass is 9.67. The molecule has 0 spiro atoms. The third kappa shape index (κ3) is 6.81. The van der Waals surface area contributed by atoms with Crippen LogP contribution in [0.2, 0.25) is 0 Å². The molecule has 35 heavy (non-hydrogen) atoms. The van der Waals surface area contributed by atoms with E-state index >= 15 is 0 Å². The van der Waals surface area contributed by atoms with Crippen molar-refractivity contribution in [2.45, 2.75) is 150 Å². The van der Waals surface area contributed by atoms with Gasteiger partial charge in [-0.25, -0.2) is 0 Å². The van der Waals surface area contributed by atoms with Gasteiger partial charge in [0.15, 0.2) is 0 Å². The van der Waals surface area contributed by atoms with Gasteiger partial charge in [-0.05, 0) is 78.4 Å². The average Bonchev–Trinajstić information content (AvgIpc) is 2.63. The Hall–Kier alpha value is -1.56. The van der Waals surface area contributed by atoms with Crippen LogP contribution in [0, 0.1) is 0 Å². The van der Waals surface area contributed by atoms with Crippen molar-refractivity contribution in [3.05, 3.63) is 69.3 Å². The van der Waals surface area contributed by atoms with Gasteiger partial charge in [0.2, 0.25) is 0 Å². The summed E-state index contributed by atoms with van der Waals surface area (Å²) in [7, 11) is 0. The molecule has 2 aromatic rings. The van der Waals surface area contributed by atoms with Gasteiger partial charge in [0.05, 0.1) is 0 Å². The maximum Gasteiger partial charge on any atom is -0.0126 e. The molecule has 0 heteroatoms. The summed E-state index contributed by atoms with van der Waals surface area (Å²) in [5.74, 6) is 0.440. The van der Waals surface area contributed by atoms with Gasteiger partial charge in [-0.3, -0.25) is 0 Å². The predicted octanol–water partition coefficient (Wildman–Crippen LogP) is 10.5. The molecule has 0 saturated carbocycles. The Bertz CT molecular complexity index is 1030. The minimum Gasteiger partial charge on any atom is -0.0582 e. The minimum absolute atomic E-state index is 0.0852. The molecule has 0 fully saturated rings. The molecule has 1 unspecified atom stereocenters. The SMILES string of the molecule is CC(Cc1c(C(C)(C)C)ccc(C(C)(C)C)c1C(C)(C)C)c1ccc(C(C)(C)C)cc1C(C)(C)C. The standard InChI is InChI=1S/C35H56/c1-23(25-18-17-24(31(2,3)4)22-29(25)34(11,12)13)21-26-27(32(5,6)7)19-20-28(33(8,9)10)30(26)35(14,15)16/h17-20,22-23H,21H2,1-16H3. The van der Waals surface area contributed by atoms with E-state index in [4.69, 9.17) is 0 Å². The Labute approximate surface area is 219 Å². The molecule has 0 bridgehead atoms. The van der Waals surface area contributed by atoms with Crippen molar-refractivity contribution in [2.75, 3.05) is 0 Å². The van der Waals surface area contributed by atoms with Gasteiger partial charge < -0.3 is 0 Å². The van der Waals surface area contributed by atoms with Crippen LogP contribution in [0.4, 0.5) is 0 Å². The summed E-state index contributed by atoms with van der Waals surface area (Å²) in [5.41, 5.74) is 11.1. The van der Waals surface area contributed by atoms with Gasteiger partial charge in [0, 0.05) is 0 Å². The lowest BCUT2D eigenvalue weighted by molar-refractivity contribution is 0.508. The van der Waals surface area contributed by atoms with Crippen LogP contribution in [0.25, 0.3) is 0 Å². The van der Waals surface area contributed by atoms with E-state index in [2.05, 4.69) is 141 Å². The molecule has 0 amide bonds. The molecule has 196 valence electrons. The predicted molar refractivity (Wildman–Crippen MR) is 159 cm³/mol. The quantitative estimate of drug-likeness (QED) is 0.413. The highest BCUT2D eigenvalue weighted by Crippen LogP contribution is 2.43. The van der Waals surface area contributed by atoms with Crippen LogP contribution in [0.3, 0.4) is 0 Å². The van der Waals surface area contributed by atoms with Crippen molar-refractivity contribution in [3.8, 4) is 0 Å². The number of rotatable bonds is 3. The van der Waals surface area contributed by atoms with Gasteiger partial charge in [-0.2, -0.15) is 0 Å². The summed E-state index contributed by atoms with van der Waals surface area (Å²) in [6.07, 6.45) is 1.07. The van der Waals surface area contributed by atoms with Crippen LogP contribution in [-0.2, 0) is 33.5 Å². The second-order valence-electron chi connectivity index (χ2n) is 16.2. The zero-order valence-electron chi connectivity index (χ0n) is 26.2. The van der Waals surface area contributed by atoms with Crippen LogP contribution >= 0.6 is 0 Å². The Morgan fingerprint density at radius 1 is 0.514 bits per heavy atom. The molecule has 0 N–H and O–H groups in total. The first-order valence-corrected chi connectivity index (χ1v) is 13.8. The summed E-state index contributed by atoms with van der Waals surface area (Å²) in [4.78, 5) is 0. The zero-order chi connectivity index (χ0) is 27.4. The maximum absolute atomic E-state index is 2.49. The van der Waals surface area contributed by atoms with Gasteiger partial charge in [0.25, 0.3) is 0 Å². The molecule has 0 radical (unpaired) electrons. The highest BCUT2D eigenvalue weighted by molar-refractivity contribution is 5.51. The molecule has 0 aliphatic heterocycles. The fourth-order valence-electron chi connectivity index (χ4n) is 5.56. The Morgan fingerprint density at radius 2 is 0.971 bits per heavy atom. The van der Waals surface area contributed by atoms with E-state index < -0.39 is 0 Å². The second kappa shape index (κ2) is 9.39. The molecular weight excluding hydrogens is 420 g/mol. The minimum atomic E-state index is 0.0852. The molecule has 1 atom stereocenters. The van der Waals surface area contributed by atoms with E-state index in [0.717, 1.165) is 6.42 Å². The molecule has 2 aromatic carbocycles. The molecule has 0 heterocycles. The Kier molecular flexibility index (Phi) is 7.96. The van der Waals surface area contributed by atoms with E-state index in [1.807, 2.05) is 0 Å². The highest BCUT2D eigenvalue weighted by atomic mass is 14.4.